The summed E-state index contributed by atoms with van der Waals surface area (Å²) >= 11 is 0. The molecule has 3 N–H and O–H groups in total. The fourth-order valence-electron chi connectivity index (χ4n) is 3.16. The first kappa shape index (κ1) is 12.5. The van der Waals surface area contributed by atoms with Crippen LogP contribution in [0.15, 0.2) is 12.2 Å². The predicted octanol–water partition coefficient (Wildman–Crippen LogP) is 0.635. The number of ether oxygens (including phenoxy) is 1. The number of rotatable bonds is 3. The Kier molecular flexibility index (Phi) is 3.18. The molecule has 0 aromatic heterocycles. The number of urea groups is 1. The van der Waals surface area contributed by atoms with Crippen molar-refractivity contribution in [2.75, 3.05) is 0 Å². The summed E-state index contributed by atoms with van der Waals surface area (Å²) in [5, 5.41) is 14.6. The summed E-state index contributed by atoms with van der Waals surface area (Å²) in [6.45, 7) is 0. The molecule has 0 aromatic carbocycles. The lowest BCUT2D eigenvalue weighted by Gasteiger charge is -2.21. The van der Waals surface area contributed by atoms with Crippen molar-refractivity contribution in [1.82, 2.24) is 10.6 Å². The molecule has 19 heavy (non-hydrogen) atoms. The Morgan fingerprint density at radius 1 is 1.16 bits per heavy atom. The van der Waals surface area contributed by atoms with Gasteiger partial charge in [-0.15, -0.1) is 0 Å². The molecule has 104 valence electrons. The van der Waals surface area contributed by atoms with Gasteiger partial charge in [0.2, 0.25) is 0 Å². The third-order valence-electron chi connectivity index (χ3n) is 4.14. The van der Waals surface area contributed by atoms with Crippen LogP contribution in [-0.4, -0.2) is 41.4 Å². The van der Waals surface area contributed by atoms with Crippen molar-refractivity contribution in [3.63, 3.8) is 0 Å². The molecule has 5 unspecified atom stereocenters. The number of hydrogen-bond donors (Lipinski definition) is 3. The molecule has 0 saturated carbocycles. The molecule has 1 aliphatic carbocycles. The monoisotopic (exact) mass is 266 g/mol. The van der Waals surface area contributed by atoms with Crippen LogP contribution in [0.2, 0.25) is 0 Å². The molecule has 6 nitrogen and oxygen atoms in total. The van der Waals surface area contributed by atoms with Gasteiger partial charge in [0.25, 0.3) is 0 Å². The molecule has 0 spiro atoms. The highest BCUT2D eigenvalue weighted by atomic mass is 16.5. The van der Waals surface area contributed by atoms with Gasteiger partial charge in [0, 0.05) is 0 Å². The van der Waals surface area contributed by atoms with E-state index in [4.69, 9.17) is 9.84 Å². The van der Waals surface area contributed by atoms with Gasteiger partial charge in [-0.05, 0) is 25.7 Å². The standard InChI is InChI=1S/C13H18N2O4/c16-12(17)7-1-2-8(5-7)14-13(18)15-10-6-9-3-4-11(10)19-9/h1-2,7-11H,3-6H2,(H,16,17)(H2,14,15,18). The summed E-state index contributed by atoms with van der Waals surface area (Å²) in [6, 6.07) is -0.332. The van der Waals surface area contributed by atoms with Crippen molar-refractivity contribution in [2.24, 2.45) is 5.92 Å². The number of nitrogens with one attached hydrogen (secondary N) is 2. The molecule has 0 radical (unpaired) electrons. The highest BCUT2D eigenvalue weighted by molar-refractivity contribution is 5.76. The van der Waals surface area contributed by atoms with Crippen molar-refractivity contribution in [2.45, 2.75) is 50.0 Å². The van der Waals surface area contributed by atoms with Gasteiger partial charge in [-0.25, -0.2) is 4.79 Å². The third kappa shape index (κ3) is 2.58. The summed E-state index contributed by atoms with van der Waals surface area (Å²) in [5.74, 6) is -1.33. The van der Waals surface area contributed by atoms with E-state index in [9.17, 15) is 9.59 Å². The molecule has 5 atom stereocenters. The molecule has 3 rings (SSSR count). The van der Waals surface area contributed by atoms with Crippen molar-refractivity contribution in [3.05, 3.63) is 12.2 Å². The Hall–Kier alpha value is -1.56. The zero-order valence-electron chi connectivity index (χ0n) is 10.5. The molecular formula is C13H18N2O4. The van der Waals surface area contributed by atoms with Gasteiger partial charge >= 0.3 is 12.0 Å². The number of hydrogen-bond acceptors (Lipinski definition) is 3. The first-order valence-electron chi connectivity index (χ1n) is 6.75. The maximum absolute atomic E-state index is 11.8. The first-order valence-corrected chi connectivity index (χ1v) is 6.75. The minimum Gasteiger partial charge on any atom is -0.481 e. The molecule has 2 heterocycles. The molecule has 6 heteroatoms. The van der Waals surface area contributed by atoms with E-state index in [2.05, 4.69) is 10.6 Å². The second-order valence-electron chi connectivity index (χ2n) is 5.51. The van der Waals surface area contributed by atoms with Crippen LogP contribution in [0.5, 0.6) is 0 Å². The van der Waals surface area contributed by atoms with Gasteiger partial charge in [-0.2, -0.15) is 0 Å². The summed E-state index contributed by atoms with van der Waals surface area (Å²) in [7, 11) is 0. The third-order valence-corrected chi connectivity index (χ3v) is 4.14. The Labute approximate surface area is 111 Å². The fraction of sp³-hybridized carbons (Fsp3) is 0.692. The van der Waals surface area contributed by atoms with Gasteiger partial charge in [-0.1, -0.05) is 12.2 Å². The SMILES string of the molecule is O=C(NC1C=CC(C(=O)O)C1)NC1CC2CCC1O2. The van der Waals surface area contributed by atoms with E-state index in [1.807, 2.05) is 0 Å². The molecule has 2 aliphatic heterocycles. The van der Waals surface area contributed by atoms with Crippen LogP contribution >= 0.6 is 0 Å². The van der Waals surface area contributed by atoms with Crippen LogP contribution in [0, 0.1) is 5.92 Å². The van der Waals surface area contributed by atoms with E-state index in [0.29, 0.717) is 12.5 Å². The van der Waals surface area contributed by atoms with E-state index in [1.54, 1.807) is 12.2 Å². The normalized spacial score (nSPS) is 39.5. The topological polar surface area (TPSA) is 87.7 Å². The number of aliphatic carboxylic acids is 1. The highest BCUT2D eigenvalue weighted by Gasteiger charge is 2.41. The average Bonchev–Trinajstić information content (AvgIpc) is 3.03. The maximum Gasteiger partial charge on any atom is 0.315 e. The van der Waals surface area contributed by atoms with E-state index >= 15 is 0 Å². The quantitative estimate of drug-likeness (QED) is 0.654. The van der Waals surface area contributed by atoms with Crippen LogP contribution < -0.4 is 10.6 Å². The van der Waals surface area contributed by atoms with Crippen molar-refractivity contribution >= 4 is 12.0 Å². The highest BCUT2D eigenvalue weighted by Crippen LogP contribution is 2.34. The summed E-state index contributed by atoms with van der Waals surface area (Å²) in [5.41, 5.74) is 0. The number of amides is 2. The lowest BCUT2D eigenvalue weighted by atomic mass is 9.96. The van der Waals surface area contributed by atoms with Crippen molar-refractivity contribution < 1.29 is 19.4 Å². The lowest BCUT2D eigenvalue weighted by Crippen LogP contribution is -2.48. The van der Waals surface area contributed by atoms with E-state index in [-0.39, 0.29) is 24.2 Å². The smallest absolute Gasteiger partial charge is 0.315 e. The zero-order chi connectivity index (χ0) is 13.4. The van der Waals surface area contributed by atoms with Crippen LogP contribution in [0.3, 0.4) is 0 Å². The number of carbonyl (C=O) groups is 2. The van der Waals surface area contributed by atoms with Crippen LogP contribution in [-0.2, 0) is 9.53 Å². The number of fused-ring (bicyclic) bond motifs is 2. The Morgan fingerprint density at radius 3 is 2.58 bits per heavy atom. The minimum absolute atomic E-state index is 0.0967. The van der Waals surface area contributed by atoms with Gasteiger partial charge in [0.1, 0.15) is 0 Å². The van der Waals surface area contributed by atoms with Gasteiger partial charge in [-0.3, -0.25) is 4.79 Å². The average molecular weight is 266 g/mol. The summed E-state index contributed by atoms with van der Waals surface area (Å²) in [4.78, 5) is 22.7. The molecule has 2 fully saturated rings. The molecule has 3 aliphatic rings. The zero-order valence-corrected chi connectivity index (χ0v) is 10.5. The maximum atomic E-state index is 11.8. The van der Waals surface area contributed by atoms with Crippen molar-refractivity contribution in [1.29, 1.82) is 0 Å². The van der Waals surface area contributed by atoms with Crippen LogP contribution in [0.4, 0.5) is 4.79 Å². The molecule has 2 amide bonds. The van der Waals surface area contributed by atoms with Gasteiger partial charge in [0.05, 0.1) is 30.2 Å². The molecular weight excluding hydrogens is 248 g/mol. The lowest BCUT2D eigenvalue weighted by molar-refractivity contribution is -0.140. The number of carboxylic acid groups (broad SMARTS) is 1. The van der Waals surface area contributed by atoms with Crippen molar-refractivity contribution in [3.8, 4) is 0 Å². The van der Waals surface area contributed by atoms with E-state index < -0.39 is 11.9 Å². The summed E-state index contributed by atoms with van der Waals surface area (Å²) < 4.78 is 5.67. The van der Waals surface area contributed by atoms with Gasteiger partial charge < -0.3 is 20.5 Å². The molecule has 2 bridgehead atoms. The largest absolute Gasteiger partial charge is 0.481 e. The Balaban J connectivity index is 1.45. The van der Waals surface area contributed by atoms with E-state index in [1.165, 1.54) is 0 Å². The number of carboxylic acids is 1. The fourth-order valence-corrected chi connectivity index (χ4v) is 3.16. The minimum atomic E-state index is -0.845. The van der Waals surface area contributed by atoms with E-state index in [0.717, 1.165) is 19.3 Å². The second kappa shape index (κ2) is 4.85. The molecule has 0 aromatic rings. The Bertz CT molecular complexity index is 423. The van der Waals surface area contributed by atoms with Crippen LogP contribution in [0.1, 0.15) is 25.7 Å². The van der Waals surface area contributed by atoms with Crippen LogP contribution in [0.25, 0.3) is 0 Å². The Morgan fingerprint density at radius 2 is 2.00 bits per heavy atom. The van der Waals surface area contributed by atoms with Gasteiger partial charge in [0.15, 0.2) is 0 Å². The first-order chi connectivity index (χ1) is 9.11. The molecule has 2 saturated heterocycles. The second-order valence-corrected chi connectivity index (χ2v) is 5.51. The number of carbonyl (C=O) groups excluding carboxylic acids is 1. The predicted molar refractivity (Wildman–Crippen MR) is 66.6 cm³/mol. The summed E-state index contributed by atoms with van der Waals surface area (Å²) in [6.07, 6.45) is 7.26.